The molecule has 0 bridgehead atoms. The molecule has 0 aliphatic rings. The van der Waals surface area contributed by atoms with Gasteiger partial charge < -0.3 is 4.74 Å². The van der Waals surface area contributed by atoms with Crippen molar-refractivity contribution in [1.29, 1.82) is 0 Å². The molecule has 5 nitrogen and oxygen atoms in total. The summed E-state index contributed by atoms with van der Waals surface area (Å²) >= 11 is 1.51. The van der Waals surface area contributed by atoms with E-state index in [0.717, 1.165) is 10.2 Å². The maximum Gasteiger partial charge on any atom is 0.241 e. The molecule has 6 heteroatoms. The normalized spacial score (nSPS) is 10.2. The fourth-order valence-electron chi connectivity index (χ4n) is 1.14. The van der Waals surface area contributed by atoms with E-state index in [0.29, 0.717) is 18.4 Å². The number of fused-ring (bicyclic) bond motifs is 1. The number of rotatable bonds is 4. The van der Waals surface area contributed by atoms with Crippen LogP contribution in [0.25, 0.3) is 10.2 Å². The molecule has 0 atom stereocenters. The molecule has 0 saturated carbocycles. The van der Waals surface area contributed by atoms with Crippen LogP contribution in [-0.4, -0.2) is 16.6 Å². The van der Waals surface area contributed by atoms with Crippen LogP contribution in [0.4, 0.5) is 5.95 Å². The summed E-state index contributed by atoms with van der Waals surface area (Å²) < 4.78 is 5.41. The maximum atomic E-state index is 5.41. The molecule has 15 heavy (non-hydrogen) atoms. The fourth-order valence-corrected chi connectivity index (χ4v) is 1.90. The molecule has 0 unspecified atom stereocenters. The van der Waals surface area contributed by atoms with Crippen molar-refractivity contribution >= 4 is 27.5 Å². The minimum absolute atomic E-state index is 0.351. The van der Waals surface area contributed by atoms with E-state index in [1.165, 1.54) is 11.3 Å². The Hall–Kier alpha value is -1.66. The van der Waals surface area contributed by atoms with Gasteiger partial charge in [0.05, 0.1) is 5.39 Å². The minimum Gasteiger partial charge on any atom is -0.473 e. The molecule has 0 saturated heterocycles. The number of aromatic nitrogens is 2. The molecule has 2 aromatic heterocycles. The molecule has 0 aliphatic heterocycles. The lowest BCUT2D eigenvalue weighted by atomic mass is 10.4. The zero-order valence-corrected chi connectivity index (χ0v) is 8.75. The zero-order valence-electron chi connectivity index (χ0n) is 7.93. The topological polar surface area (TPSA) is 73.1 Å². The number of nitrogens with two attached hydrogens (primary N) is 1. The second-order valence-corrected chi connectivity index (χ2v) is 3.63. The summed E-state index contributed by atoms with van der Waals surface area (Å²) in [5.74, 6) is 6.13. The van der Waals surface area contributed by atoms with Gasteiger partial charge in [-0.15, -0.1) is 11.3 Å². The van der Waals surface area contributed by atoms with Gasteiger partial charge in [-0.2, -0.15) is 4.98 Å². The molecule has 0 spiro atoms. The van der Waals surface area contributed by atoms with E-state index in [-0.39, 0.29) is 0 Å². The van der Waals surface area contributed by atoms with Gasteiger partial charge in [-0.1, -0.05) is 12.7 Å². The first-order valence-electron chi connectivity index (χ1n) is 4.30. The van der Waals surface area contributed by atoms with Crippen LogP contribution in [0.3, 0.4) is 0 Å². The van der Waals surface area contributed by atoms with E-state index < -0.39 is 0 Å². The number of thiophene rings is 1. The molecule has 2 aromatic rings. The van der Waals surface area contributed by atoms with Crippen LogP contribution in [0, 0.1) is 0 Å². The summed E-state index contributed by atoms with van der Waals surface area (Å²) in [6.07, 6.45) is 1.66. The highest BCUT2D eigenvalue weighted by atomic mass is 32.1. The van der Waals surface area contributed by atoms with Crippen molar-refractivity contribution in [2.24, 2.45) is 5.84 Å². The van der Waals surface area contributed by atoms with Gasteiger partial charge in [-0.05, 0) is 11.4 Å². The first kappa shape index (κ1) is 9.88. The van der Waals surface area contributed by atoms with Gasteiger partial charge in [0.1, 0.15) is 11.4 Å². The smallest absolute Gasteiger partial charge is 0.241 e. The van der Waals surface area contributed by atoms with Crippen LogP contribution < -0.4 is 16.0 Å². The van der Waals surface area contributed by atoms with Gasteiger partial charge in [0.25, 0.3) is 0 Å². The largest absolute Gasteiger partial charge is 0.473 e. The molecule has 0 fully saturated rings. The molecule has 3 N–H and O–H groups in total. The summed E-state index contributed by atoms with van der Waals surface area (Å²) in [7, 11) is 0. The molecule has 78 valence electrons. The monoisotopic (exact) mass is 222 g/mol. The van der Waals surface area contributed by atoms with Crippen molar-refractivity contribution in [2.45, 2.75) is 0 Å². The number of nitrogen functional groups attached to an aromatic ring is 1. The fraction of sp³-hybridized carbons (Fsp3) is 0.111. The third-order valence-electron chi connectivity index (χ3n) is 1.76. The average molecular weight is 222 g/mol. The standard InChI is InChI=1S/C9H10N4OS/c1-2-4-14-7-6-3-5-15-8(6)12-9(11-7)13-10/h2-3,5H,1,4,10H2,(H,11,12,13). The van der Waals surface area contributed by atoms with E-state index in [9.17, 15) is 0 Å². The first-order valence-corrected chi connectivity index (χ1v) is 5.18. The predicted octanol–water partition coefficient (Wildman–Crippen LogP) is 1.54. The Morgan fingerprint density at radius 1 is 1.60 bits per heavy atom. The number of nitrogens with one attached hydrogen (secondary N) is 1. The van der Waals surface area contributed by atoms with Crippen LogP contribution in [0.15, 0.2) is 24.1 Å². The van der Waals surface area contributed by atoms with Crippen molar-refractivity contribution < 1.29 is 4.74 Å². The molecule has 0 aliphatic carbocycles. The minimum atomic E-state index is 0.351. The van der Waals surface area contributed by atoms with Gasteiger partial charge in [0.15, 0.2) is 0 Å². The summed E-state index contributed by atoms with van der Waals surface area (Å²) in [5, 5.41) is 2.82. The highest BCUT2D eigenvalue weighted by Crippen LogP contribution is 2.27. The number of hydrazine groups is 1. The first-order chi connectivity index (χ1) is 7.35. The Bertz CT molecular complexity index is 482. The molecule has 2 heterocycles. The number of nitrogens with zero attached hydrogens (tertiary/aromatic N) is 2. The van der Waals surface area contributed by atoms with Crippen molar-refractivity contribution in [3.8, 4) is 5.88 Å². The Morgan fingerprint density at radius 2 is 2.47 bits per heavy atom. The Balaban J connectivity index is 2.48. The SMILES string of the molecule is C=CCOc1nc(NN)nc2sccc12. The van der Waals surface area contributed by atoms with Crippen molar-refractivity contribution in [3.63, 3.8) is 0 Å². The third-order valence-corrected chi connectivity index (χ3v) is 2.56. The van der Waals surface area contributed by atoms with Crippen LogP contribution in [0.5, 0.6) is 5.88 Å². The molecule has 0 radical (unpaired) electrons. The molecular weight excluding hydrogens is 212 g/mol. The summed E-state index contributed by atoms with van der Waals surface area (Å²) in [6, 6.07) is 1.92. The average Bonchev–Trinajstić information content (AvgIpc) is 2.73. The van der Waals surface area contributed by atoms with Crippen molar-refractivity contribution in [3.05, 3.63) is 24.1 Å². The summed E-state index contributed by atoms with van der Waals surface area (Å²) in [5.41, 5.74) is 2.40. The van der Waals surface area contributed by atoms with Crippen LogP contribution in [-0.2, 0) is 0 Å². The molecular formula is C9H10N4OS. The Kier molecular flexibility index (Phi) is 2.79. The highest BCUT2D eigenvalue weighted by molar-refractivity contribution is 7.16. The quantitative estimate of drug-likeness (QED) is 0.466. The third kappa shape index (κ3) is 1.90. The Morgan fingerprint density at radius 3 is 3.20 bits per heavy atom. The van der Waals surface area contributed by atoms with E-state index in [2.05, 4.69) is 22.0 Å². The van der Waals surface area contributed by atoms with Gasteiger partial charge in [0, 0.05) is 0 Å². The van der Waals surface area contributed by atoms with E-state index in [1.807, 2.05) is 11.4 Å². The van der Waals surface area contributed by atoms with E-state index >= 15 is 0 Å². The van der Waals surface area contributed by atoms with Gasteiger partial charge >= 0.3 is 0 Å². The van der Waals surface area contributed by atoms with Gasteiger partial charge in [-0.3, -0.25) is 5.43 Å². The summed E-state index contributed by atoms with van der Waals surface area (Å²) in [6.45, 7) is 3.99. The Labute approximate surface area is 90.6 Å². The number of ether oxygens (including phenoxy) is 1. The lowest BCUT2D eigenvalue weighted by Crippen LogP contribution is -2.11. The van der Waals surface area contributed by atoms with Crippen molar-refractivity contribution in [1.82, 2.24) is 9.97 Å². The molecule has 2 rings (SSSR count). The lowest BCUT2D eigenvalue weighted by Gasteiger charge is -2.05. The summed E-state index contributed by atoms with van der Waals surface area (Å²) in [4.78, 5) is 9.15. The number of anilines is 1. The predicted molar refractivity (Wildman–Crippen MR) is 60.9 cm³/mol. The number of hydrogen-bond acceptors (Lipinski definition) is 6. The van der Waals surface area contributed by atoms with Crippen LogP contribution >= 0.6 is 11.3 Å². The highest BCUT2D eigenvalue weighted by Gasteiger charge is 2.08. The van der Waals surface area contributed by atoms with Crippen molar-refractivity contribution in [2.75, 3.05) is 12.0 Å². The maximum absolute atomic E-state index is 5.41. The lowest BCUT2D eigenvalue weighted by molar-refractivity contribution is 0.353. The number of hydrogen-bond donors (Lipinski definition) is 2. The van der Waals surface area contributed by atoms with Gasteiger partial charge in [0.2, 0.25) is 11.8 Å². The second kappa shape index (κ2) is 4.24. The zero-order chi connectivity index (χ0) is 10.7. The second-order valence-electron chi connectivity index (χ2n) is 2.74. The van der Waals surface area contributed by atoms with Crippen LogP contribution in [0.2, 0.25) is 0 Å². The van der Waals surface area contributed by atoms with Crippen LogP contribution in [0.1, 0.15) is 0 Å². The van der Waals surface area contributed by atoms with E-state index in [1.54, 1.807) is 6.08 Å². The molecule has 0 aromatic carbocycles. The van der Waals surface area contributed by atoms with E-state index in [4.69, 9.17) is 10.6 Å². The molecule has 0 amide bonds. The van der Waals surface area contributed by atoms with Gasteiger partial charge in [-0.25, -0.2) is 10.8 Å².